The van der Waals surface area contributed by atoms with Crippen LogP contribution in [0.15, 0.2) is 21.0 Å². The Morgan fingerprint density at radius 1 is 1.36 bits per heavy atom. The molecule has 0 fully saturated rings. The van der Waals surface area contributed by atoms with Crippen LogP contribution in [0.3, 0.4) is 0 Å². The van der Waals surface area contributed by atoms with Crippen molar-refractivity contribution in [2.24, 2.45) is 5.92 Å². The molecule has 14 heavy (non-hydrogen) atoms. The molecule has 1 unspecified atom stereocenters. The van der Waals surface area contributed by atoms with E-state index in [0.29, 0.717) is 5.92 Å². The van der Waals surface area contributed by atoms with Crippen molar-refractivity contribution in [2.75, 3.05) is 0 Å². The van der Waals surface area contributed by atoms with E-state index in [0.717, 1.165) is 6.49 Å². The maximum atomic E-state index is 13.8. The van der Waals surface area contributed by atoms with Gasteiger partial charge in [0.05, 0.1) is 0 Å². The Balaban J connectivity index is 0. The predicted octanol–water partition coefficient (Wildman–Crippen LogP) is -2.81. The molecule has 0 nitrogen and oxygen atoms in total. The van der Waals surface area contributed by atoms with E-state index >= 15 is 0 Å². The summed E-state index contributed by atoms with van der Waals surface area (Å²) in [5.74, 6) is 0.360. The van der Waals surface area contributed by atoms with Crippen molar-refractivity contribution in [1.29, 1.82) is 0 Å². The second-order valence-electron chi connectivity index (χ2n) is 3.56. The molecule has 0 heterocycles. The van der Waals surface area contributed by atoms with Gasteiger partial charge in [-0.15, -0.1) is 0 Å². The van der Waals surface area contributed by atoms with Crippen molar-refractivity contribution in [2.45, 2.75) is 27.7 Å². The van der Waals surface area contributed by atoms with Gasteiger partial charge in [-0.2, -0.15) is 0 Å². The second-order valence-corrected chi connectivity index (χ2v) is 8.88. The molecule has 1 aliphatic carbocycles. The summed E-state index contributed by atoms with van der Waals surface area (Å²) in [5.41, 5.74) is 1.18. The molecule has 0 N–H and O–H groups in total. The van der Waals surface area contributed by atoms with Crippen LogP contribution in [0.1, 0.15) is 27.7 Å². The molecule has 0 aliphatic heterocycles. The first-order valence-electron chi connectivity index (χ1n) is 4.26. The van der Waals surface area contributed by atoms with Gasteiger partial charge in [-0.3, -0.25) is 0 Å². The monoisotopic (exact) mass is 314 g/mol. The summed E-state index contributed by atoms with van der Waals surface area (Å²) < 4.78 is 16.0. The minimum atomic E-state index is -2.77. The Morgan fingerprint density at radius 2 is 1.86 bits per heavy atom. The van der Waals surface area contributed by atoms with E-state index in [9.17, 15) is 2.63 Å². The van der Waals surface area contributed by atoms with Crippen molar-refractivity contribution in [3.05, 3.63) is 21.0 Å². The van der Waals surface area contributed by atoms with E-state index in [1.54, 1.807) is 0 Å². The van der Waals surface area contributed by atoms with Gasteiger partial charge in [-0.05, 0) is 0 Å². The molecule has 1 aliphatic rings. The summed E-state index contributed by atoms with van der Waals surface area (Å²) in [6.45, 7) is 7.98. The maximum Gasteiger partial charge on any atom is -1.00 e. The first kappa shape index (κ1) is 17.1. The van der Waals surface area contributed by atoms with Gasteiger partial charge in [0, 0.05) is 0 Å². The Kier molecular flexibility index (Phi) is 8.68. The van der Waals surface area contributed by atoms with E-state index in [4.69, 9.17) is 0 Å². The van der Waals surface area contributed by atoms with Crippen LogP contribution in [-0.4, -0.2) is 3.21 Å². The third kappa shape index (κ3) is 3.72. The molecule has 80 valence electrons. The molecule has 0 aromatic rings. The van der Waals surface area contributed by atoms with Crippen LogP contribution in [0.5, 0.6) is 0 Å². The zero-order valence-corrected chi connectivity index (χ0v) is 12.8. The van der Waals surface area contributed by atoms with Gasteiger partial charge >= 0.3 is 82.3 Å². The molecular weight excluding hydrogens is 301 g/mol. The smallest absolute Gasteiger partial charge is 1.00 e. The minimum absolute atomic E-state index is 0. The van der Waals surface area contributed by atoms with Crippen molar-refractivity contribution in [1.82, 2.24) is 0 Å². The van der Waals surface area contributed by atoms with Crippen molar-refractivity contribution in [3.63, 3.8) is 0 Å². The zero-order valence-electron chi connectivity index (χ0n) is 8.87. The Hall–Kier alpha value is 0.743. The predicted molar refractivity (Wildman–Crippen MR) is 48.5 cm³/mol. The fraction of sp³-hybridized carbons (Fsp3) is 0.500. The number of hydrogen-bond acceptors (Lipinski definition) is 0. The maximum absolute atomic E-state index is 13.8. The molecule has 4 heteroatoms. The molecule has 0 aromatic heterocycles. The van der Waals surface area contributed by atoms with Crippen LogP contribution in [0.2, 0.25) is 0 Å². The van der Waals surface area contributed by atoms with E-state index in [2.05, 4.69) is 19.1 Å². The molecule has 0 radical (unpaired) electrons. The van der Waals surface area contributed by atoms with E-state index in [1.165, 1.54) is 5.57 Å². The molecule has 0 saturated heterocycles. The number of rotatable bonds is 1. The third-order valence-corrected chi connectivity index (χ3v) is 7.60. The van der Waals surface area contributed by atoms with Crippen LogP contribution >= 0.6 is 0 Å². The van der Waals surface area contributed by atoms with Crippen molar-refractivity contribution in [3.8, 4) is 0 Å². The summed E-state index contributed by atoms with van der Waals surface area (Å²) in [6.07, 6.45) is 4.16. The topological polar surface area (TPSA) is 0 Å². The molecule has 0 bridgehead atoms. The van der Waals surface area contributed by atoms with Gasteiger partial charge in [0.15, 0.2) is 0 Å². The van der Waals surface area contributed by atoms with Crippen molar-refractivity contribution >= 4 is 3.21 Å². The van der Waals surface area contributed by atoms with Gasteiger partial charge in [0.2, 0.25) is 0 Å². The average Bonchev–Trinajstić information content (AvgIpc) is 2.30. The van der Waals surface area contributed by atoms with E-state index < -0.39 is 21.9 Å². The summed E-state index contributed by atoms with van der Waals surface area (Å²) in [6, 6.07) is 0. The molecule has 0 amide bonds. The fourth-order valence-corrected chi connectivity index (χ4v) is 5.08. The first-order chi connectivity index (χ1) is 5.54. The minimum Gasteiger partial charge on any atom is -1.00 e. The van der Waals surface area contributed by atoms with Gasteiger partial charge < -0.3 is 24.8 Å². The summed E-state index contributed by atoms with van der Waals surface area (Å²) in [4.78, 5) is 0. The van der Waals surface area contributed by atoms with Crippen LogP contribution in [-0.2, 0) is 21.9 Å². The Labute approximate surface area is 107 Å². The molecule has 1 atom stereocenters. The largest absolute Gasteiger partial charge is 1.00 e. The zero-order chi connectivity index (χ0) is 9.30. The van der Waals surface area contributed by atoms with Gasteiger partial charge in [-0.1, -0.05) is 0 Å². The van der Waals surface area contributed by atoms with Gasteiger partial charge in [0.25, 0.3) is 0 Å². The molecular formula is C10H15Cl2FZr. The molecule has 1 rings (SSSR count). The quantitative estimate of drug-likeness (QED) is 0.490. The first-order valence-corrected chi connectivity index (χ1v) is 7.65. The summed E-state index contributed by atoms with van der Waals surface area (Å²) >= 11 is -2.77. The third-order valence-electron chi connectivity index (χ3n) is 2.19. The fourth-order valence-electron chi connectivity index (χ4n) is 1.48. The number of halogens is 3. The average molecular weight is 316 g/mol. The number of hydrogen-bond donors (Lipinski definition) is 0. The SMILES string of the molecule is CC1=[C]([Zr+2]([F])=[C](C)C)C(C)C=C1.[Cl-].[Cl-]. The molecule has 0 aromatic carbocycles. The van der Waals surface area contributed by atoms with Gasteiger partial charge in [-0.25, -0.2) is 0 Å². The van der Waals surface area contributed by atoms with E-state index in [1.807, 2.05) is 20.8 Å². The summed E-state index contributed by atoms with van der Waals surface area (Å²) in [5, 5.41) is 0. The molecule has 0 saturated carbocycles. The van der Waals surface area contributed by atoms with Crippen LogP contribution < -0.4 is 24.8 Å². The van der Waals surface area contributed by atoms with Gasteiger partial charge in [0.1, 0.15) is 0 Å². The van der Waals surface area contributed by atoms with E-state index in [-0.39, 0.29) is 24.8 Å². The Morgan fingerprint density at radius 3 is 2.14 bits per heavy atom. The Bertz CT molecular complexity index is 283. The van der Waals surface area contributed by atoms with Crippen LogP contribution in [0.4, 0.5) is 2.63 Å². The normalized spacial score (nSPS) is 18.1. The standard InChI is InChI=1S/C7H9.C3H6.2ClH.FH.Zr/c1-6-3-4-7(2)5-6;1-3-2;;;;/h3-4,6H,1-2H3;1-2H3;3*1H;/q;;;;;+3/p-3. The number of allylic oxidation sites excluding steroid dienone is 4. The van der Waals surface area contributed by atoms with Crippen molar-refractivity contribution < 1.29 is 49.3 Å². The molecule has 0 spiro atoms. The second kappa shape index (κ2) is 7.09. The summed E-state index contributed by atoms with van der Waals surface area (Å²) in [7, 11) is 0. The van der Waals surface area contributed by atoms with Crippen LogP contribution in [0.25, 0.3) is 0 Å². The van der Waals surface area contributed by atoms with Crippen LogP contribution in [0, 0.1) is 5.92 Å².